The first-order valence-corrected chi connectivity index (χ1v) is 4.88. The van der Waals surface area contributed by atoms with Crippen molar-refractivity contribution in [2.45, 2.75) is 12.5 Å². The van der Waals surface area contributed by atoms with Crippen LogP contribution in [0.2, 0.25) is 0 Å². The van der Waals surface area contributed by atoms with Crippen molar-refractivity contribution in [3.8, 4) is 0 Å². The largest absolute Gasteiger partial charge is 0.479 e. The summed E-state index contributed by atoms with van der Waals surface area (Å²) in [5.41, 5.74) is 8.40. The second-order valence-electron chi connectivity index (χ2n) is 3.32. The van der Waals surface area contributed by atoms with E-state index in [4.69, 9.17) is 16.6 Å². The van der Waals surface area contributed by atoms with Gasteiger partial charge in [0, 0.05) is 13.1 Å². The molecule has 0 heterocycles. The van der Waals surface area contributed by atoms with E-state index in [9.17, 15) is 9.90 Å². The minimum atomic E-state index is -1.79. The summed E-state index contributed by atoms with van der Waals surface area (Å²) < 4.78 is 0. The van der Waals surface area contributed by atoms with Gasteiger partial charge < -0.3 is 21.7 Å². The standard InChI is InChI=1S/C9H10O3.C2H8N2/c1-9(12,8(10)11)7-5-3-2-4-6-7;3-1-2-4/h2-6,12H,1H3,(H,10,11);1-4H2. The molecule has 0 amide bonds. The average Bonchev–Trinajstić information content (AvgIpc) is 2.30. The molecule has 6 N–H and O–H groups in total. The Morgan fingerprint density at radius 2 is 1.69 bits per heavy atom. The Balaban J connectivity index is 0.000000487. The summed E-state index contributed by atoms with van der Waals surface area (Å²) in [6.45, 7) is 2.45. The Kier molecular flexibility index (Phi) is 6.32. The van der Waals surface area contributed by atoms with Gasteiger partial charge in [-0.15, -0.1) is 0 Å². The summed E-state index contributed by atoms with van der Waals surface area (Å²) in [6, 6.07) is 8.29. The summed E-state index contributed by atoms with van der Waals surface area (Å²) in [6.07, 6.45) is 0. The number of rotatable bonds is 3. The van der Waals surface area contributed by atoms with Crippen molar-refractivity contribution in [3.05, 3.63) is 35.9 Å². The normalized spacial score (nSPS) is 13.2. The molecule has 0 aliphatic carbocycles. The number of carbonyl (C=O) groups is 1. The lowest BCUT2D eigenvalue weighted by atomic mass is 9.97. The molecule has 5 nitrogen and oxygen atoms in total. The number of carboxylic acid groups (broad SMARTS) is 1. The maximum atomic E-state index is 10.6. The topological polar surface area (TPSA) is 110 Å². The zero-order chi connectivity index (χ0) is 12.6. The molecule has 5 heteroatoms. The van der Waals surface area contributed by atoms with E-state index in [-0.39, 0.29) is 0 Å². The van der Waals surface area contributed by atoms with Crippen LogP contribution in [0.4, 0.5) is 0 Å². The molecule has 1 aromatic rings. The number of hydrogen-bond donors (Lipinski definition) is 4. The third kappa shape index (κ3) is 4.39. The fourth-order valence-electron chi connectivity index (χ4n) is 0.886. The minimum absolute atomic E-state index is 0.387. The van der Waals surface area contributed by atoms with Crippen LogP contribution in [-0.4, -0.2) is 29.3 Å². The highest BCUT2D eigenvalue weighted by Crippen LogP contribution is 2.19. The minimum Gasteiger partial charge on any atom is -0.479 e. The van der Waals surface area contributed by atoms with Gasteiger partial charge in [0.05, 0.1) is 0 Å². The van der Waals surface area contributed by atoms with Crippen LogP contribution in [0.25, 0.3) is 0 Å². The molecule has 1 atom stereocenters. The van der Waals surface area contributed by atoms with Gasteiger partial charge >= 0.3 is 5.97 Å². The van der Waals surface area contributed by atoms with E-state index in [0.29, 0.717) is 18.7 Å². The average molecular weight is 226 g/mol. The van der Waals surface area contributed by atoms with E-state index in [2.05, 4.69) is 0 Å². The van der Waals surface area contributed by atoms with Crippen LogP contribution in [0, 0.1) is 0 Å². The van der Waals surface area contributed by atoms with Gasteiger partial charge in [-0.05, 0) is 12.5 Å². The third-order valence-electron chi connectivity index (χ3n) is 1.92. The Labute approximate surface area is 94.7 Å². The highest BCUT2D eigenvalue weighted by atomic mass is 16.4. The van der Waals surface area contributed by atoms with Crippen LogP contribution in [0.5, 0.6) is 0 Å². The van der Waals surface area contributed by atoms with Gasteiger partial charge in [-0.25, -0.2) is 4.79 Å². The predicted octanol–water partition coefficient (Wildman–Crippen LogP) is -0.117. The number of carboxylic acids is 1. The predicted molar refractivity (Wildman–Crippen MR) is 61.8 cm³/mol. The summed E-state index contributed by atoms with van der Waals surface area (Å²) in [5, 5.41) is 18.1. The Morgan fingerprint density at radius 1 is 1.25 bits per heavy atom. The van der Waals surface area contributed by atoms with Gasteiger partial charge in [-0.1, -0.05) is 30.3 Å². The third-order valence-corrected chi connectivity index (χ3v) is 1.92. The summed E-state index contributed by atoms with van der Waals surface area (Å²) in [7, 11) is 0. The number of hydrogen-bond acceptors (Lipinski definition) is 4. The van der Waals surface area contributed by atoms with Crippen LogP contribution >= 0.6 is 0 Å². The Bertz CT molecular complexity index is 310. The van der Waals surface area contributed by atoms with Gasteiger partial charge in [0.25, 0.3) is 0 Å². The molecular weight excluding hydrogens is 208 g/mol. The van der Waals surface area contributed by atoms with E-state index >= 15 is 0 Å². The van der Waals surface area contributed by atoms with Gasteiger partial charge in [-0.2, -0.15) is 0 Å². The molecule has 0 aromatic heterocycles. The Morgan fingerprint density at radius 3 is 2.00 bits per heavy atom. The SMILES string of the molecule is CC(O)(C(=O)O)c1ccccc1.NCCN. The zero-order valence-electron chi connectivity index (χ0n) is 9.26. The van der Waals surface area contributed by atoms with Gasteiger partial charge in [-0.3, -0.25) is 0 Å². The van der Waals surface area contributed by atoms with Gasteiger partial charge in [0.1, 0.15) is 0 Å². The second kappa shape index (κ2) is 6.95. The smallest absolute Gasteiger partial charge is 0.340 e. The molecule has 0 radical (unpaired) electrons. The molecule has 0 spiro atoms. The summed E-state index contributed by atoms with van der Waals surface area (Å²) in [5.74, 6) is -1.24. The molecule has 90 valence electrons. The first-order chi connectivity index (χ1) is 7.46. The van der Waals surface area contributed by atoms with Crippen molar-refractivity contribution in [2.24, 2.45) is 11.5 Å². The molecule has 1 aromatic carbocycles. The number of aliphatic hydroxyl groups is 1. The van der Waals surface area contributed by atoms with Crippen molar-refractivity contribution in [3.63, 3.8) is 0 Å². The molecule has 0 bridgehead atoms. The van der Waals surface area contributed by atoms with Gasteiger partial charge in [0.15, 0.2) is 5.60 Å². The fraction of sp³-hybridized carbons (Fsp3) is 0.364. The first-order valence-electron chi connectivity index (χ1n) is 4.88. The Hall–Kier alpha value is -1.43. The summed E-state index contributed by atoms with van der Waals surface area (Å²) in [4.78, 5) is 10.6. The van der Waals surface area contributed by atoms with E-state index in [1.54, 1.807) is 30.3 Å². The molecule has 16 heavy (non-hydrogen) atoms. The van der Waals surface area contributed by atoms with Crippen molar-refractivity contribution in [1.82, 2.24) is 0 Å². The van der Waals surface area contributed by atoms with E-state index in [1.165, 1.54) is 6.92 Å². The van der Waals surface area contributed by atoms with E-state index < -0.39 is 11.6 Å². The van der Waals surface area contributed by atoms with Crippen molar-refractivity contribution < 1.29 is 15.0 Å². The van der Waals surface area contributed by atoms with Crippen molar-refractivity contribution in [1.29, 1.82) is 0 Å². The van der Waals surface area contributed by atoms with E-state index in [0.717, 1.165) is 0 Å². The van der Waals surface area contributed by atoms with Crippen LogP contribution in [0.3, 0.4) is 0 Å². The molecule has 0 fully saturated rings. The van der Waals surface area contributed by atoms with Crippen LogP contribution in [0.15, 0.2) is 30.3 Å². The van der Waals surface area contributed by atoms with Crippen molar-refractivity contribution in [2.75, 3.05) is 13.1 Å². The first kappa shape index (κ1) is 14.6. The quantitative estimate of drug-likeness (QED) is 0.574. The number of benzene rings is 1. The van der Waals surface area contributed by atoms with Gasteiger partial charge in [0.2, 0.25) is 0 Å². The molecule has 0 aliphatic rings. The molecule has 0 aliphatic heterocycles. The molecule has 1 rings (SSSR count). The molecule has 1 unspecified atom stereocenters. The zero-order valence-corrected chi connectivity index (χ0v) is 9.26. The molecule has 0 saturated carbocycles. The molecule has 0 saturated heterocycles. The fourth-order valence-corrected chi connectivity index (χ4v) is 0.886. The lowest BCUT2D eigenvalue weighted by molar-refractivity contribution is -0.157. The highest BCUT2D eigenvalue weighted by molar-refractivity contribution is 5.78. The molecular formula is C11H18N2O3. The van der Waals surface area contributed by atoms with Crippen LogP contribution < -0.4 is 11.5 Å². The second-order valence-corrected chi connectivity index (χ2v) is 3.32. The number of aliphatic carboxylic acids is 1. The highest BCUT2D eigenvalue weighted by Gasteiger charge is 2.31. The van der Waals surface area contributed by atoms with Crippen LogP contribution in [0.1, 0.15) is 12.5 Å². The van der Waals surface area contributed by atoms with Crippen LogP contribution in [-0.2, 0) is 10.4 Å². The van der Waals surface area contributed by atoms with E-state index in [1.807, 2.05) is 0 Å². The number of nitrogens with two attached hydrogens (primary N) is 2. The lowest BCUT2D eigenvalue weighted by Gasteiger charge is -2.17. The maximum Gasteiger partial charge on any atom is 0.340 e. The lowest BCUT2D eigenvalue weighted by Crippen LogP contribution is -2.31. The summed E-state index contributed by atoms with van der Waals surface area (Å²) >= 11 is 0. The monoisotopic (exact) mass is 226 g/mol. The van der Waals surface area contributed by atoms with Crippen molar-refractivity contribution >= 4 is 5.97 Å². The maximum absolute atomic E-state index is 10.6.